The molecule has 0 aliphatic rings. The topological polar surface area (TPSA) is 46.2 Å². The summed E-state index contributed by atoms with van der Waals surface area (Å²) in [5, 5.41) is 0.372. The number of aryl methyl sites for hydroxylation is 2. The highest BCUT2D eigenvalue weighted by Gasteiger charge is 2.18. The molecule has 0 bridgehead atoms. The van der Waals surface area contributed by atoms with Crippen molar-refractivity contribution in [2.75, 3.05) is 4.72 Å². The number of halogens is 2. The number of hydrogen-bond acceptors (Lipinski definition) is 2. The fourth-order valence-corrected chi connectivity index (χ4v) is 4.34. The van der Waals surface area contributed by atoms with Gasteiger partial charge in [0.15, 0.2) is 0 Å². The maximum absolute atomic E-state index is 12.4. The molecule has 106 valence electrons. The molecule has 20 heavy (non-hydrogen) atoms. The van der Waals surface area contributed by atoms with Crippen molar-refractivity contribution in [2.24, 2.45) is 0 Å². The van der Waals surface area contributed by atoms with Crippen LogP contribution in [-0.2, 0) is 10.0 Å². The van der Waals surface area contributed by atoms with Crippen molar-refractivity contribution in [3.8, 4) is 0 Å². The fraction of sp³-hybridized carbons (Fsp3) is 0.143. The highest BCUT2D eigenvalue weighted by molar-refractivity contribution is 9.10. The van der Waals surface area contributed by atoms with Gasteiger partial charge >= 0.3 is 0 Å². The smallest absolute Gasteiger partial charge is 0.263 e. The third-order valence-electron chi connectivity index (χ3n) is 2.75. The lowest BCUT2D eigenvalue weighted by Crippen LogP contribution is -2.14. The molecule has 0 fully saturated rings. The molecule has 0 aromatic heterocycles. The van der Waals surface area contributed by atoms with E-state index in [0.29, 0.717) is 15.2 Å². The van der Waals surface area contributed by atoms with Crippen molar-refractivity contribution in [1.82, 2.24) is 0 Å². The van der Waals surface area contributed by atoms with E-state index in [4.69, 9.17) is 11.6 Å². The second kappa shape index (κ2) is 5.76. The summed E-state index contributed by atoms with van der Waals surface area (Å²) in [6.45, 7) is 3.78. The van der Waals surface area contributed by atoms with Crippen molar-refractivity contribution < 1.29 is 8.42 Å². The van der Waals surface area contributed by atoms with Crippen LogP contribution in [0.2, 0.25) is 5.02 Å². The van der Waals surface area contributed by atoms with E-state index in [2.05, 4.69) is 20.7 Å². The van der Waals surface area contributed by atoms with Crippen molar-refractivity contribution in [2.45, 2.75) is 18.7 Å². The van der Waals surface area contributed by atoms with Crippen molar-refractivity contribution in [1.29, 1.82) is 0 Å². The molecule has 2 aromatic rings. The Kier molecular flexibility index (Phi) is 4.42. The molecule has 0 radical (unpaired) electrons. The summed E-state index contributed by atoms with van der Waals surface area (Å²) in [6, 6.07) is 10.2. The molecule has 0 heterocycles. The number of rotatable bonds is 3. The molecule has 6 heteroatoms. The summed E-state index contributed by atoms with van der Waals surface area (Å²) < 4.78 is 27.8. The van der Waals surface area contributed by atoms with Gasteiger partial charge in [0.05, 0.1) is 10.7 Å². The molecule has 0 amide bonds. The van der Waals surface area contributed by atoms with Gasteiger partial charge in [-0.05, 0) is 65.2 Å². The van der Waals surface area contributed by atoms with Gasteiger partial charge in [0.1, 0.15) is 4.90 Å². The molecule has 0 saturated heterocycles. The molecule has 0 atom stereocenters. The van der Waals surface area contributed by atoms with Crippen LogP contribution in [-0.4, -0.2) is 8.42 Å². The second-order valence-electron chi connectivity index (χ2n) is 4.52. The molecule has 2 aromatic carbocycles. The van der Waals surface area contributed by atoms with Gasteiger partial charge in [-0.3, -0.25) is 4.72 Å². The monoisotopic (exact) mass is 373 g/mol. The van der Waals surface area contributed by atoms with Gasteiger partial charge < -0.3 is 0 Å². The third-order valence-corrected chi connectivity index (χ3v) is 5.40. The van der Waals surface area contributed by atoms with Crippen LogP contribution >= 0.6 is 27.5 Å². The molecule has 0 spiro atoms. The summed E-state index contributed by atoms with van der Waals surface area (Å²) in [4.78, 5) is 0.180. The van der Waals surface area contributed by atoms with E-state index in [-0.39, 0.29) is 4.90 Å². The Morgan fingerprint density at radius 1 is 1.05 bits per heavy atom. The Hall–Kier alpha value is -1.04. The Bertz CT molecular complexity index is 760. The van der Waals surface area contributed by atoms with E-state index < -0.39 is 10.0 Å². The van der Waals surface area contributed by atoms with Crippen LogP contribution in [0.25, 0.3) is 0 Å². The molecular weight excluding hydrogens is 362 g/mol. The van der Waals surface area contributed by atoms with Crippen LogP contribution in [0, 0.1) is 13.8 Å². The maximum atomic E-state index is 12.4. The van der Waals surface area contributed by atoms with E-state index in [1.165, 1.54) is 0 Å². The average Bonchev–Trinajstić information content (AvgIpc) is 2.32. The van der Waals surface area contributed by atoms with E-state index in [1.807, 2.05) is 13.8 Å². The van der Waals surface area contributed by atoms with E-state index >= 15 is 0 Å². The zero-order valence-electron chi connectivity index (χ0n) is 10.9. The Balaban J connectivity index is 2.41. The van der Waals surface area contributed by atoms with Crippen LogP contribution in [0.4, 0.5) is 5.69 Å². The zero-order valence-corrected chi connectivity index (χ0v) is 14.1. The van der Waals surface area contributed by atoms with Crippen molar-refractivity contribution in [3.05, 3.63) is 57.0 Å². The number of benzene rings is 2. The van der Waals surface area contributed by atoms with E-state index in [1.54, 1.807) is 36.4 Å². The van der Waals surface area contributed by atoms with Gasteiger partial charge in [-0.15, -0.1) is 0 Å². The summed E-state index contributed by atoms with van der Waals surface area (Å²) in [5.74, 6) is 0. The minimum atomic E-state index is -3.68. The largest absolute Gasteiger partial charge is 0.278 e. The zero-order chi connectivity index (χ0) is 14.9. The molecule has 0 unspecified atom stereocenters. The second-order valence-corrected chi connectivity index (χ2v) is 7.44. The van der Waals surface area contributed by atoms with Gasteiger partial charge in [0.2, 0.25) is 0 Å². The summed E-state index contributed by atoms with van der Waals surface area (Å²) in [6.07, 6.45) is 0. The van der Waals surface area contributed by atoms with Crippen molar-refractivity contribution >= 4 is 43.2 Å². The molecule has 1 N–H and O–H groups in total. The first-order valence-electron chi connectivity index (χ1n) is 5.85. The first kappa shape index (κ1) is 15.4. The summed E-state index contributed by atoms with van der Waals surface area (Å²) in [7, 11) is -3.68. The van der Waals surface area contributed by atoms with Gasteiger partial charge in [0.25, 0.3) is 10.0 Å². The SMILES string of the molecule is Cc1ccc(NS(=O)(=O)c2ccc(C)cc2Br)c(Cl)c1. The molecular formula is C14H13BrClNO2S. The first-order chi connectivity index (χ1) is 9.29. The van der Waals surface area contributed by atoms with Gasteiger partial charge in [0, 0.05) is 4.47 Å². The minimum Gasteiger partial charge on any atom is -0.278 e. The molecule has 3 nitrogen and oxygen atoms in total. The third kappa shape index (κ3) is 3.34. The normalized spacial score (nSPS) is 11.4. The Morgan fingerprint density at radius 2 is 1.65 bits per heavy atom. The molecule has 0 aliphatic carbocycles. The van der Waals surface area contributed by atoms with Gasteiger partial charge in [-0.1, -0.05) is 23.7 Å². The van der Waals surface area contributed by atoms with Crippen LogP contribution in [0.1, 0.15) is 11.1 Å². The van der Waals surface area contributed by atoms with E-state index in [0.717, 1.165) is 11.1 Å². The number of anilines is 1. The lowest BCUT2D eigenvalue weighted by atomic mass is 10.2. The highest BCUT2D eigenvalue weighted by Crippen LogP contribution is 2.28. The van der Waals surface area contributed by atoms with E-state index in [9.17, 15) is 8.42 Å². The van der Waals surface area contributed by atoms with Crippen LogP contribution in [0.5, 0.6) is 0 Å². The summed E-state index contributed by atoms with van der Waals surface area (Å²) >= 11 is 9.32. The standard InChI is InChI=1S/C14H13BrClNO2S/c1-9-4-6-14(11(15)7-9)20(18,19)17-13-5-3-10(2)8-12(13)16/h3-8,17H,1-2H3. The number of nitrogens with one attached hydrogen (secondary N) is 1. The Labute approximate surface area is 132 Å². The van der Waals surface area contributed by atoms with Gasteiger partial charge in [-0.2, -0.15) is 0 Å². The predicted octanol–water partition coefficient (Wildman–Crippen LogP) is 4.52. The van der Waals surface area contributed by atoms with Crippen molar-refractivity contribution in [3.63, 3.8) is 0 Å². The number of sulfonamides is 1. The average molecular weight is 375 g/mol. The molecule has 0 aliphatic heterocycles. The fourth-order valence-electron chi connectivity index (χ4n) is 1.73. The highest BCUT2D eigenvalue weighted by atomic mass is 79.9. The molecule has 2 rings (SSSR count). The minimum absolute atomic E-state index is 0.180. The summed E-state index contributed by atoms with van der Waals surface area (Å²) in [5.41, 5.74) is 2.31. The quantitative estimate of drug-likeness (QED) is 0.858. The predicted molar refractivity (Wildman–Crippen MR) is 85.9 cm³/mol. The first-order valence-corrected chi connectivity index (χ1v) is 8.50. The van der Waals surface area contributed by atoms with Gasteiger partial charge in [-0.25, -0.2) is 8.42 Å². The van der Waals surface area contributed by atoms with Crippen LogP contribution in [0.15, 0.2) is 45.8 Å². The van der Waals surface area contributed by atoms with Crippen LogP contribution < -0.4 is 4.72 Å². The maximum Gasteiger partial charge on any atom is 0.263 e. The van der Waals surface area contributed by atoms with Crippen LogP contribution in [0.3, 0.4) is 0 Å². The lowest BCUT2D eigenvalue weighted by molar-refractivity contribution is 0.600. The molecule has 0 saturated carbocycles. The lowest BCUT2D eigenvalue weighted by Gasteiger charge is -2.11. The number of hydrogen-bond donors (Lipinski definition) is 1. The Morgan fingerprint density at radius 3 is 2.25 bits per heavy atom.